The zero-order chi connectivity index (χ0) is 21.8. The number of anilines is 1. The van der Waals surface area contributed by atoms with Crippen LogP contribution in [-0.2, 0) is 9.53 Å². The van der Waals surface area contributed by atoms with Gasteiger partial charge in [0.15, 0.2) is 0 Å². The van der Waals surface area contributed by atoms with E-state index in [4.69, 9.17) is 9.47 Å². The van der Waals surface area contributed by atoms with Gasteiger partial charge in [-0.15, -0.1) is 5.10 Å². The smallest absolute Gasteiger partial charge is 0.379 e. The number of nitrogens with zero attached hydrogens (tertiary/aromatic N) is 4. The Hall–Kier alpha value is -4.27. The van der Waals surface area contributed by atoms with Crippen molar-refractivity contribution < 1.29 is 19.1 Å². The highest BCUT2D eigenvalue weighted by molar-refractivity contribution is 5.97. The fourth-order valence-corrected chi connectivity index (χ4v) is 2.96. The summed E-state index contributed by atoms with van der Waals surface area (Å²) < 4.78 is 12.2. The molecule has 31 heavy (non-hydrogen) atoms. The lowest BCUT2D eigenvalue weighted by Crippen LogP contribution is -2.26. The van der Waals surface area contributed by atoms with Gasteiger partial charge in [0.2, 0.25) is 6.10 Å². The molecular weight excluding hydrogens is 398 g/mol. The predicted octanol–water partition coefficient (Wildman–Crippen LogP) is 2.98. The maximum Gasteiger partial charge on any atom is 0.379 e. The zero-order valence-electron chi connectivity index (χ0n) is 16.9. The molecule has 1 atom stereocenters. The third-order valence-electron chi connectivity index (χ3n) is 4.52. The van der Waals surface area contributed by atoms with Gasteiger partial charge in [0.1, 0.15) is 5.75 Å². The number of amides is 1. The minimum Gasteiger partial charge on any atom is -0.497 e. The highest BCUT2D eigenvalue weighted by Gasteiger charge is 2.28. The number of esters is 1. The Morgan fingerprint density at radius 3 is 2.61 bits per heavy atom. The fraction of sp³-hybridized carbons (Fsp3) is 0.136. The summed E-state index contributed by atoms with van der Waals surface area (Å²) in [6.45, 7) is 1.81. The van der Waals surface area contributed by atoms with Gasteiger partial charge in [0.05, 0.1) is 7.11 Å². The monoisotopic (exact) mass is 417 g/mol. The van der Waals surface area contributed by atoms with Gasteiger partial charge in [-0.05, 0) is 25.1 Å². The van der Waals surface area contributed by atoms with Crippen molar-refractivity contribution in [2.75, 3.05) is 12.4 Å². The lowest BCUT2D eigenvalue weighted by Gasteiger charge is -2.17. The standard InChI is InChI=1S/C22H19N5O4/c1-14-11-12-23-22-25-19(26-27(14)22)21(29)31-18(15-7-4-3-5-8-15)20(28)24-16-9-6-10-17(13-16)30-2/h3-13,18H,1-2H3,(H,24,28). The minimum absolute atomic E-state index is 0.183. The highest BCUT2D eigenvalue weighted by Crippen LogP contribution is 2.23. The first-order chi connectivity index (χ1) is 15.0. The van der Waals surface area contributed by atoms with Gasteiger partial charge in [-0.25, -0.2) is 14.3 Å². The summed E-state index contributed by atoms with van der Waals surface area (Å²) in [5.74, 6) is -0.686. The van der Waals surface area contributed by atoms with Crippen LogP contribution in [0.1, 0.15) is 28.0 Å². The molecule has 0 aliphatic rings. The van der Waals surface area contributed by atoms with Crippen LogP contribution in [0.4, 0.5) is 5.69 Å². The number of carbonyl (C=O) groups is 2. The molecule has 0 aliphatic heterocycles. The van der Waals surface area contributed by atoms with Gasteiger partial charge in [0, 0.05) is 29.2 Å². The minimum atomic E-state index is -1.21. The Morgan fingerprint density at radius 2 is 1.87 bits per heavy atom. The van der Waals surface area contributed by atoms with Crippen LogP contribution in [0.25, 0.3) is 5.78 Å². The maximum atomic E-state index is 13.0. The van der Waals surface area contributed by atoms with Crippen LogP contribution in [-0.4, -0.2) is 38.6 Å². The Morgan fingerprint density at radius 1 is 1.06 bits per heavy atom. The van der Waals surface area contributed by atoms with Gasteiger partial charge in [-0.2, -0.15) is 4.98 Å². The molecule has 0 aliphatic carbocycles. The van der Waals surface area contributed by atoms with Crippen molar-refractivity contribution in [3.05, 3.63) is 83.9 Å². The number of hydrogen-bond acceptors (Lipinski definition) is 7. The molecule has 4 rings (SSSR count). The van der Waals surface area contributed by atoms with Crippen LogP contribution in [0.2, 0.25) is 0 Å². The summed E-state index contributed by atoms with van der Waals surface area (Å²) in [6.07, 6.45) is 0.364. The highest BCUT2D eigenvalue weighted by atomic mass is 16.5. The van der Waals surface area contributed by atoms with E-state index in [1.54, 1.807) is 66.9 Å². The van der Waals surface area contributed by atoms with Crippen molar-refractivity contribution >= 4 is 23.3 Å². The van der Waals surface area contributed by atoms with E-state index < -0.39 is 18.0 Å². The number of methoxy groups -OCH3 is 1. The second-order valence-corrected chi connectivity index (χ2v) is 6.65. The summed E-state index contributed by atoms with van der Waals surface area (Å²) in [5.41, 5.74) is 1.77. The second kappa shape index (κ2) is 8.62. The van der Waals surface area contributed by atoms with Gasteiger partial charge in [-0.1, -0.05) is 36.4 Å². The molecule has 2 aromatic carbocycles. The van der Waals surface area contributed by atoms with Crippen molar-refractivity contribution in [3.63, 3.8) is 0 Å². The number of ether oxygens (including phenoxy) is 2. The van der Waals surface area contributed by atoms with Crippen molar-refractivity contribution in [1.82, 2.24) is 19.6 Å². The number of benzene rings is 2. The molecule has 156 valence electrons. The molecule has 4 aromatic rings. The topological polar surface area (TPSA) is 108 Å². The first kappa shape index (κ1) is 20.0. The Kier molecular flexibility index (Phi) is 5.57. The lowest BCUT2D eigenvalue weighted by molar-refractivity contribution is -0.125. The van der Waals surface area contributed by atoms with Crippen LogP contribution < -0.4 is 10.1 Å². The molecule has 1 amide bonds. The predicted molar refractivity (Wildman–Crippen MR) is 112 cm³/mol. The van der Waals surface area contributed by atoms with Crippen LogP contribution in [0, 0.1) is 6.92 Å². The molecule has 9 nitrogen and oxygen atoms in total. The van der Waals surface area contributed by atoms with Crippen molar-refractivity contribution in [1.29, 1.82) is 0 Å². The van der Waals surface area contributed by atoms with E-state index in [0.717, 1.165) is 5.69 Å². The van der Waals surface area contributed by atoms with Gasteiger partial charge in [0.25, 0.3) is 17.5 Å². The normalized spacial score (nSPS) is 11.7. The third kappa shape index (κ3) is 4.35. The summed E-state index contributed by atoms with van der Waals surface area (Å²) >= 11 is 0. The number of nitrogens with one attached hydrogen (secondary N) is 1. The third-order valence-corrected chi connectivity index (χ3v) is 4.52. The van der Waals surface area contributed by atoms with Gasteiger partial charge >= 0.3 is 5.97 Å². The van der Waals surface area contributed by atoms with E-state index in [2.05, 4.69) is 20.4 Å². The zero-order valence-corrected chi connectivity index (χ0v) is 16.9. The van der Waals surface area contributed by atoms with E-state index in [-0.39, 0.29) is 11.6 Å². The number of hydrogen-bond donors (Lipinski definition) is 1. The first-order valence-corrected chi connectivity index (χ1v) is 9.44. The summed E-state index contributed by atoms with van der Waals surface area (Å²) in [5, 5.41) is 6.90. The summed E-state index contributed by atoms with van der Waals surface area (Å²) in [7, 11) is 1.54. The van der Waals surface area contributed by atoms with Crippen LogP contribution >= 0.6 is 0 Å². The molecule has 0 saturated heterocycles. The maximum absolute atomic E-state index is 13.0. The van der Waals surface area contributed by atoms with Crippen molar-refractivity contribution in [3.8, 4) is 5.75 Å². The van der Waals surface area contributed by atoms with E-state index in [1.807, 2.05) is 6.92 Å². The summed E-state index contributed by atoms with van der Waals surface area (Å²) in [4.78, 5) is 34.0. The second-order valence-electron chi connectivity index (χ2n) is 6.65. The fourth-order valence-electron chi connectivity index (χ4n) is 2.96. The van der Waals surface area contributed by atoms with E-state index >= 15 is 0 Å². The molecule has 2 aromatic heterocycles. The van der Waals surface area contributed by atoms with Gasteiger partial charge in [-0.3, -0.25) is 4.79 Å². The number of carbonyl (C=O) groups excluding carboxylic acids is 2. The molecule has 9 heteroatoms. The Labute approximate surface area is 177 Å². The molecule has 0 fully saturated rings. The van der Waals surface area contributed by atoms with E-state index in [1.165, 1.54) is 11.6 Å². The molecule has 0 radical (unpaired) electrons. The van der Waals surface area contributed by atoms with Crippen molar-refractivity contribution in [2.24, 2.45) is 0 Å². The lowest BCUT2D eigenvalue weighted by atomic mass is 10.1. The number of aromatic nitrogens is 4. The van der Waals surface area contributed by atoms with Crippen LogP contribution in [0.5, 0.6) is 5.75 Å². The molecular formula is C22H19N5O4. The Bertz CT molecular complexity index is 1240. The number of aryl methyl sites for hydroxylation is 1. The average molecular weight is 417 g/mol. The number of rotatable bonds is 6. The summed E-state index contributed by atoms with van der Waals surface area (Å²) in [6, 6.07) is 17.3. The van der Waals surface area contributed by atoms with Gasteiger partial charge < -0.3 is 14.8 Å². The van der Waals surface area contributed by atoms with E-state index in [0.29, 0.717) is 17.0 Å². The van der Waals surface area contributed by atoms with E-state index in [9.17, 15) is 9.59 Å². The molecule has 0 spiro atoms. The largest absolute Gasteiger partial charge is 0.497 e. The van der Waals surface area contributed by atoms with Crippen LogP contribution in [0.3, 0.4) is 0 Å². The molecule has 2 heterocycles. The molecule has 0 saturated carbocycles. The average Bonchev–Trinajstić information content (AvgIpc) is 3.24. The van der Waals surface area contributed by atoms with Crippen molar-refractivity contribution in [2.45, 2.75) is 13.0 Å². The number of fused-ring (bicyclic) bond motifs is 1. The SMILES string of the molecule is COc1cccc(NC(=O)C(OC(=O)c2nc3nccc(C)n3n2)c2ccccc2)c1. The molecule has 1 unspecified atom stereocenters. The molecule has 1 N–H and O–H groups in total. The first-order valence-electron chi connectivity index (χ1n) is 9.44. The van der Waals surface area contributed by atoms with Crippen LogP contribution in [0.15, 0.2) is 66.9 Å². The Balaban J connectivity index is 1.60. The quantitative estimate of drug-likeness (QED) is 0.481. The molecule has 0 bridgehead atoms.